The van der Waals surface area contributed by atoms with Gasteiger partial charge in [-0.1, -0.05) is 4.68 Å². The minimum absolute atomic E-state index is 1.57. The van der Waals surface area contributed by atoms with Crippen LogP contribution in [0.2, 0.25) is 0 Å². The fourth-order valence-electron chi connectivity index (χ4n) is 0.364. The van der Waals surface area contributed by atoms with Gasteiger partial charge in [0.1, 0.15) is 0 Å². The Morgan fingerprint density at radius 2 is 2.57 bits per heavy atom. The van der Waals surface area contributed by atoms with Gasteiger partial charge < -0.3 is 4.42 Å². The van der Waals surface area contributed by atoms with Crippen LogP contribution in [0.25, 0.3) is 0 Å². The van der Waals surface area contributed by atoms with Crippen molar-refractivity contribution in [3.8, 4) is 0 Å². The van der Waals surface area contributed by atoms with E-state index in [1.54, 1.807) is 23.5 Å². The van der Waals surface area contributed by atoms with Gasteiger partial charge in [-0.3, -0.25) is 0 Å². The van der Waals surface area contributed by atoms with Gasteiger partial charge in [-0.05, 0) is 0 Å². The molecule has 38 valence electrons. The summed E-state index contributed by atoms with van der Waals surface area (Å²) in [6.07, 6.45) is 4.94. The zero-order valence-corrected chi connectivity index (χ0v) is 4.09. The van der Waals surface area contributed by atoms with Gasteiger partial charge in [0.05, 0.1) is 7.05 Å². The molecule has 0 aromatic carbocycles. The Labute approximate surface area is 41.5 Å². The van der Waals surface area contributed by atoms with Crippen LogP contribution in [-0.2, 0) is 0 Å². The van der Waals surface area contributed by atoms with Crippen molar-refractivity contribution in [1.29, 1.82) is 0 Å². The molecule has 0 aliphatic carbocycles. The molecule has 1 aromatic heterocycles. The summed E-state index contributed by atoms with van der Waals surface area (Å²) in [7, 11) is 1.82. The molecular formula is C4H7N2O+. The number of hydrogen-bond acceptors (Lipinski definition) is 2. The Balaban J connectivity index is 2.76. The van der Waals surface area contributed by atoms with E-state index in [0.29, 0.717) is 0 Å². The van der Waals surface area contributed by atoms with Gasteiger partial charge in [-0.15, -0.1) is 0 Å². The molecule has 7 heavy (non-hydrogen) atoms. The summed E-state index contributed by atoms with van der Waals surface area (Å²) >= 11 is 0. The van der Waals surface area contributed by atoms with Crippen LogP contribution in [0.3, 0.4) is 0 Å². The quantitative estimate of drug-likeness (QED) is 0.491. The van der Waals surface area contributed by atoms with Crippen LogP contribution >= 0.6 is 0 Å². The molecule has 0 fully saturated rings. The topological polar surface area (TPSA) is 29.1 Å². The van der Waals surface area contributed by atoms with E-state index in [0.717, 1.165) is 0 Å². The van der Waals surface area contributed by atoms with E-state index in [2.05, 4.69) is 5.43 Å². The van der Waals surface area contributed by atoms with Gasteiger partial charge in [-0.2, -0.15) is 5.43 Å². The number of aromatic nitrogens is 1. The highest BCUT2D eigenvalue weighted by Gasteiger charge is 1.90. The standard InChI is InChI=1S/C4H7N2O/c1-5-6-2-3-7-4-6/h2-5H,1H3/q+1. The lowest BCUT2D eigenvalue weighted by atomic mass is 11.0. The van der Waals surface area contributed by atoms with E-state index in [4.69, 9.17) is 4.42 Å². The average Bonchev–Trinajstić information content (AvgIpc) is 2.14. The van der Waals surface area contributed by atoms with Gasteiger partial charge in [0, 0.05) is 0 Å². The third-order valence-electron chi connectivity index (χ3n) is 0.733. The first-order chi connectivity index (χ1) is 3.43. The number of nitrogens with zero attached hydrogens (tertiary/aromatic N) is 1. The van der Waals surface area contributed by atoms with Crippen LogP contribution in [0.1, 0.15) is 0 Å². The van der Waals surface area contributed by atoms with E-state index in [-0.39, 0.29) is 0 Å². The van der Waals surface area contributed by atoms with Gasteiger partial charge in [-0.25, -0.2) is 0 Å². The van der Waals surface area contributed by atoms with Gasteiger partial charge in [0.15, 0.2) is 6.26 Å². The molecule has 0 bridgehead atoms. The zero-order chi connectivity index (χ0) is 5.11. The summed E-state index contributed by atoms with van der Waals surface area (Å²) in [4.78, 5) is 0. The summed E-state index contributed by atoms with van der Waals surface area (Å²) in [5.41, 5.74) is 2.83. The normalized spacial score (nSPS) is 8.71. The largest absolute Gasteiger partial charge is 0.410 e. The molecular weight excluding hydrogens is 92.1 g/mol. The summed E-state index contributed by atoms with van der Waals surface area (Å²) in [6, 6.07) is 0. The lowest BCUT2D eigenvalue weighted by Crippen LogP contribution is -2.39. The molecule has 1 rings (SSSR count). The van der Waals surface area contributed by atoms with Crippen molar-refractivity contribution in [3.05, 3.63) is 18.9 Å². The predicted molar refractivity (Wildman–Crippen MR) is 24.2 cm³/mol. The number of nitrogens with one attached hydrogen (secondary N) is 1. The third-order valence-corrected chi connectivity index (χ3v) is 0.733. The minimum atomic E-state index is 1.57. The molecule has 0 spiro atoms. The van der Waals surface area contributed by atoms with Gasteiger partial charge in [0.2, 0.25) is 6.20 Å². The van der Waals surface area contributed by atoms with Crippen molar-refractivity contribution in [2.24, 2.45) is 0 Å². The first-order valence-corrected chi connectivity index (χ1v) is 2.04. The maximum atomic E-state index is 4.71. The first kappa shape index (κ1) is 4.18. The Kier molecular flexibility index (Phi) is 0.978. The molecule has 0 unspecified atom stereocenters. The van der Waals surface area contributed by atoms with E-state index in [9.17, 15) is 0 Å². The number of oxazole rings is 1. The predicted octanol–water partition coefficient (Wildman–Crippen LogP) is -0.260. The van der Waals surface area contributed by atoms with Crippen molar-refractivity contribution in [2.75, 3.05) is 12.5 Å². The molecule has 0 saturated heterocycles. The molecule has 0 saturated carbocycles. The van der Waals surface area contributed by atoms with Crippen LogP contribution < -0.4 is 10.1 Å². The summed E-state index contributed by atoms with van der Waals surface area (Å²) in [5.74, 6) is 0. The Hall–Kier alpha value is -0.990. The maximum Gasteiger partial charge on any atom is 0.363 e. The van der Waals surface area contributed by atoms with Crippen molar-refractivity contribution >= 4 is 0 Å². The van der Waals surface area contributed by atoms with Crippen molar-refractivity contribution in [1.82, 2.24) is 0 Å². The lowest BCUT2D eigenvalue weighted by Gasteiger charge is -1.77. The molecule has 0 atom stereocenters. The number of rotatable bonds is 1. The van der Waals surface area contributed by atoms with Crippen molar-refractivity contribution in [2.45, 2.75) is 0 Å². The number of hydrogen-bond donors (Lipinski definition) is 1. The fourth-order valence-corrected chi connectivity index (χ4v) is 0.364. The highest BCUT2D eigenvalue weighted by atomic mass is 16.3. The van der Waals surface area contributed by atoms with Gasteiger partial charge in [0.25, 0.3) is 0 Å². The second-order valence-corrected chi connectivity index (χ2v) is 1.16. The van der Waals surface area contributed by atoms with Crippen LogP contribution in [0.4, 0.5) is 0 Å². The molecule has 0 aliphatic heterocycles. The Morgan fingerprint density at radius 1 is 1.71 bits per heavy atom. The van der Waals surface area contributed by atoms with E-state index in [1.165, 1.54) is 0 Å². The second kappa shape index (κ2) is 1.64. The molecule has 1 aromatic rings. The SMILES string of the molecule is CN[n+]1ccoc1. The first-order valence-electron chi connectivity index (χ1n) is 2.04. The molecule has 3 heteroatoms. The van der Waals surface area contributed by atoms with E-state index in [1.807, 2.05) is 7.05 Å². The highest BCUT2D eigenvalue weighted by molar-refractivity contribution is 4.47. The average molecular weight is 99.1 g/mol. The molecule has 0 radical (unpaired) electrons. The Bertz CT molecular complexity index is 124. The summed E-state index contributed by atoms with van der Waals surface area (Å²) in [5, 5.41) is 0. The summed E-state index contributed by atoms with van der Waals surface area (Å²) < 4.78 is 6.41. The molecule has 0 amide bonds. The minimum Gasteiger partial charge on any atom is -0.410 e. The van der Waals surface area contributed by atoms with Crippen molar-refractivity contribution < 1.29 is 9.09 Å². The zero-order valence-electron chi connectivity index (χ0n) is 4.09. The van der Waals surface area contributed by atoms with E-state index < -0.39 is 0 Å². The third kappa shape index (κ3) is 0.707. The van der Waals surface area contributed by atoms with Crippen LogP contribution in [0.5, 0.6) is 0 Å². The van der Waals surface area contributed by atoms with Crippen LogP contribution in [0, 0.1) is 0 Å². The highest BCUT2D eigenvalue weighted by Crippen LogP contribution is 1.69. The smallest absolute Gasteiger partial charge is 0.363 e. The van der Waals surface area contributed by atoms with Gasteiger partial charge >= 0.3 is 6.39 Å². The fraction of sp³-hybridized carbons (Fsp3) is 0.250. The lowest BCUT2D eigenvalue weighted by molar-refractivity contribution is -0.650. The molecule has 0 aliphatic rings. The molecule has 1 N–H and O–H groups in total. The molecule has 1 heterocycles. The second-order valence-electron chi connectivity index (χ2n) is 1.16. The molecule has 3 nitrogen and oxygen atoms in total. The van der Waals surface area contributed by atoms with Crippen LogP contribution in [0.15, 0.2) is 23.3 Å². The summed E-state index contributed by atoms with van der Waals surface area (Å²) in [6.45, 7) is 0. The maximum absolute atomic E-state index is 4.71. The Morgan fingerprint density at radius 3 is 2.86 bits per heavy atom. The van der Waals surface area contributed by atoms with Crippen LogP contribution in [-0.4, -0.2) is 7.05 Å². The van der Waals surface area contributed by atoms with Crippen molar-refractivity contribution in [3.63, 3.8) is 0 Å². The van der Waals surface area contributed by atoms with E-state index >= 15 is 0 Å². The monoisotopic (exact) mass is 99.1 g/mol.